The summed E-state index contributed by atoms with van der Waals surface area (Å²) in [5.74, 6) is -4.07. The molecule has 1 aromatic rings. The topological polar surface area (TPSA) is 58.6 Å². The van der Waals surface area contributed by atoms with Crippen LogP contribution in [0.2, 0.25) is 0 Å². The third kappa shape index (κ3) is 3.06. The molecule has 0 amide bonds. The van der Waals surface area contributed by atoms with E-state index in [1.165, 1.54) is 0 Å². The number of fused-ring (bicyclic) bond motifs is 3. The van der Waals surface area contributed by atoms with Gasteiger partial charge in [0.15, 0.2) is 0 Å². The Bertz CT molecular complexity index is 673. The van der Waals surface area contributed by atoms with Crippen molar-refractivity contribution in [2.24, 2.45) is 5.41 Å². The van der Waals surface area contributed by atoms with Gasteiger partial charge in [-0.3, -0.25) is 0 Å². The van der Waals surface area contributed by atoms with Gasteiger partial charge in [0.05, 0.1) is 11.4 Å². The maximum absolute atomic E-state index is 13.0. The number of carboxylic acid groups (broad SMARTS) is 1. The molecule has 0 bridgehead atoms. The number of carbonyl (C=O) groups excluding carboxylic acids is 1. The van der Waals surface area contributed by atoms with Crippen LogP contribution in [0.1, 0.15) is 17.9 Å². The van der Waals surface area contributed by atoms with Crippen molar-refractivity contribution in [2.75, 3.05) is 0 Å². The molecule has 0 spiro atoms. The average molecular weight is 364 g/mol. The minimum Gasteiger partial charge on any atom is -0.549 e. The van der Waals surface area contributed by atoms with Gasteiger partial charge in [-0.1, -0.05) is 0 Å². The van der Waals surface area contributed by atoms with Crippen LogP contribution in [0, 0.1) is 5.41 Å². The van der Waals surface area contributed by atoms with E-state index in [2.05, 4.69) is 4.74 Å². The van der Waals surface area contributed by atoms with Crippen LogP contribution in [-0.4, -0.2) is 24.6 Å². The zero-order chi connectivity index (χ0) is 17.2. The molecule has 1 aliphatic carbocycles. The van der Waals surface area contributed by atoms with Gasteiger partial charge in [-0.05, 0) is 24.6 Å². The van der Waals surface area contributed by atoms with Crippen molar-refractivity contribution >= 4 is 5.97 Å². The third-order valence-corrected chi connectivity index (χ3v) is 3.98. The summed E-state index contributed by atoms with van der Waals surface area (Å²) in [5.41, 5.74) is -2.39. The Morgan fingerprint density at radius 3 is 2.38 bits per heavy atom. The molecule has 0 radical (unpaired) electrons. The summed E-state index contributed by atoms with van der Waals surface area (Å²) >= 11 is 0. The first kappa shape index (κ1) is 19.2. The Labute approximate surface area is 153 Å². The van der Waals surface area contributed by atoms with E-state index in [0.29, 0.717) is 0 Å². The van der Waals surface area contributed by atoms with Crippen LogP contribution in [0.15, 0.2) is 18.2 Å². The number of ether oxygens (including phenoxy) is 2. The molecule has 1 fully saturated rings. The molecule has 2 aliphatic rings. The Morgan fingerprint density at radius 1 is 1.25 bits per heavy atom. The predicted octanol–water partition coefficient (Wildman–Crippen LogP) is -0.864. The van der Waals surface area contributed by atoms with Crippen molar-refractivity contribution in [2.45, 2.75) is 31.0 Å². The van der Waals surface area contributed by atoms with Crippen molar-refractivity contribution in [3.05, 3.63) is 23.8 Å². The molecule has 1 heterocycles. The number of hydrogen-bond acceptors (Lipinski definition) is 4. The zero-order valence-electron chi connectivity index (χ0n) is 12.0. The molecule has 1 saturated carbocycles. The van der Waals surface area contributed by atoms with Crippen molar-refractivity contribution in [1.29, 1.82) is 0 Å². The summed E-state index contributed by atoms with van der Waals surface area (Å²) < 4.78 is 84.1. The molecule has 3 rings (SSSR count). The molecule has 126 valence electrons. The maximum atomic E-state index is 13.0. The van der Waals surface area contributed by atoms with Crippen molar-refractivity contribution in [3.63, 3.8) is 0 Å². The molecule has 3 unspecified atom stereocenters. The van der Waals surface area contributed by atoms with Gasteiger partial charge >= 0.3 is 42.1 Å². The Hall–Kier alpha value is -1.13. The second-order valence-corrected chi connectivity index (χ2v) is 5.37. The van der Waals surface area contributed by atoms with Crippen LogP contribution in [0.3, 0.4) is 0 Å². The van der Waals surface area contributed by atoms with Gasteiger partial charge in [-0.25, -0.2) is 0 Å². The van der Waals surface area contributed by atoms with Gasteiger partial charge in [-0.2, -0.15) is 13.2 Å². The zero-order valence-corrected chi connectivity index (χ0v) is 14.0. The summed E-state index contributed by atoms with van der Waals surface area (Å²) in [7, 11) is 0. The molecular weight excluding hydrogens is 357 g/mol. The Balaban J connectivity index is 0.00000208. The van der Waals surface area contributed by atoms with Crippen molar-refractivity contribution < 1.29 is 75.3 Å². The monoisotopic (exact) mass is 364 g/mol. The van der Waals surface area contributed by atoms with E-state index in [0.717, 1.165) is 18.2 Å². The Kier molecular flexibility index (Phi) is 4.56. The molecule has 4 nitrogen and oxygen atoms in total. The first-order chi connectivity index (χ1) is 10.4. The minimum atomic E-state index is -4.98. The first-order valence-electron chi connectivity index (χ1n) is 6.29. The van der Waals surface area contributed by atoms with Gasteiger partial charge in [0.1, 0.15) is 11.5 Å². The fraction of sp³-hybridized carbons (Fsp3) is 0.462. The molecule has 24 heavy (non-hydrogen) atoms. The fourth-order valence-corrected chi connectivity index (χ4v) is 2.98. The first-order valence-corrected chi connectivity index (χ1v) is 6.29. The SMILES string of the molecule is O=C([O-])C12CC1c1cc(OC(F)(F)F)ccc1OC2C(F)(F)F.[Na+]. The molecule has 0 aromatic heterocycles. The minimum absolute atomic E-state index is 0. The maximum Gasteiger partial charge on any atom is 1.00 e. The molecule has 11 heteroatoms. The summed E-state index contributed by atoms with van der Waals surface area (Å²) in [6.07, 6.45) is -13.0. The number of carboxylic acids is 1. The van der Waals surface area contributed by atoms with Crippen LogP contribution in [0.5, 0.6) is 11.5 Å². The van der Waals surface area contributed by atoms with E-state index in [1.54, 1.807) is 0 Å². The second kappa shape index (κ2) is 5.70. The van der Waals surface area contributed by atoms with Gasteiger partial charge in [-0.15, -0.1) is 13.2 Å². The van der Waals surface area contributed by atoms with Gasteiger partial charge in [0.2, 0.25) is 6.10 Å². The van der Waals surface area contributed by atoms with E-state index in [9.17, 15) is 36.2 Å². The van der Waals surface area contributed by atoms with E-state index in [1.807, 2.05) is 0 Å². The van der Waals surface area contributed by atoms with E-state index in [-0.39, 0.29) is 40.9 Å². The quantitative estimate of drug-likeness (QED) is 0.506. The third-order valence-electron chi connectivity index (χ3n) is 3.98. The standard InChI is InChI=1S/C13H8F6O4.Na/c14-12(15,16)9-11(10(20)21)4-7(11)6-3-5(23-13(17,18)19)1-2-8(6)22-9;/h1-3,7,9H,4H2,(H,20,21);/q;+1/p-1. The van der Waals surface area contributed by atoms with E-state index >= 15 is 0 Å². The predicted molar refractivity (Wildman–Crippen MR) is 58.4 cm³/mol. The van der Waals surface area contributed by atoms with Crippen molar-refractivity contribution in [1.82, 2.24) is 0 Å². The normalized spacial score (nSPS) is 27.9. The number of rotatable bonds is 2. The molecule has 3 atom stereocenters. The number of carbonyl (C=O) groups is 1. The number of alkyl halides is 6. The number of hydrogen-bond donors (Lipinski definition) is 0. The molecule has 1 aromatic carbocycles. The van der Waals surface area contributed by atoms with Crippen LogP contribution < -0.4 is 44.1 Å². The van der Waals surface area contributed by atoms with Gasteiger partial charge in [0.25, 0.3) is 0 Å². The Morgan fingerprint density at radius 2 is 1.88 bits per heavy atom. The van der Waals surface area contributed by atoms with Gasteiger partial charge in [0, 0.05) is 11.5 Å². The van der Waals surface area contributed by atoms with E-state index < -0.39 is 48.1 Å². The molecule has 0 N–H and O–H groups in total. The van der Waals surface area contributed by atoms with Crippen LogP contribution >= 0.6 is 0 Å². The molecule has 1 aliphatic heterocycles. The van der Waals surface area contributed by atoms with Crippen molar-refractivity contribution in [3.8, 4) is 11.5 Å². The summed E-state index contributed by atoms with van der Waals surface area (Å²) in [5, 5.41) is 11.2. The summed E-state index contributed by atoms with van der Waals surface area (Å²) in [4.78, 5) is 11.2. The fourth-order valence-electron chi connectivity index (χ4n) is 2.98. The van der Waals surface area contributed by atoms with Crippen LogP contribution in [-0.2, 0) is 4.79 Å². The summed E-state index contributed by atoms with van der Waals surface area (Å²) in [6, 6.07) is 2.53. The smallest absolute Gasteiger partial charge is 0.549 e. The van der Waals surface area contributed by atoms with Crippen LogP contribution in [0.25, 0.3) is 0 Å². The number of benzene rings is 1. The number of halogens is 6. The second-order valence-electron chi connectivity index (χ2n) is 5.37. The summed E-state index contributed by atoms with van der Waals surface area (Å²) in [6.45, 7) is 0. The molecule has 0 saturated heterocycles. The van der Waals surface area contributed by atoms with E-state index in [4.69, 9.17) is 4.74 Å². The van der Waals surface area contributed by atoms with Gasteiger partial charge < -0.3 is 19.4 Å². The average Bonchev–Trinajstić information content (AvgIpc) is 3.11. The largest absolute Gasteiger partial charge is 1.00 e. The van der Waals surface area contributed by atoms with Crippen LogP contribution in [0.4, 0.5) is 26.3 Å². The number of aliphatic carboxylic acids is 1. The molecular formula is C13H7F6NaO4.